The summed E-state index contributed by atoms with van der Waals surface area (Å²) in [6.45, 7) is 1.48. The summed E-state index contributed by atoms with van der Waals surface area (Å²) in [5, 5.41) is 2.97. The lowest BCUT2D eigenvalue weighted by Gasteiger charge is -2.38. The Morgan fingerprint density at radius 1 is 1.05 bits per heavy atom. The van der Waals surface area contributed by atoms with Gasteiger partial charge in [0.25, 0.3) is 0 Å². The van der Waals surface area contributed by atoms with Crippen molar-refractivity contribution in [2.45, 2.75) is 18.2 Å². The molecule has 1 aliphatic rings. The molecule has 0 aromatic heterocycles. The Hall–Kier alpha value is -2.11. The number of benzene rings is 1. The van der Waals surface area contributed by atoms with Gasteiger partial charge in [-0.05, 0) is 23.8 Å². The summed E-state index contributed by atoms with van der Waals surface area (Å²) < 4.78 is 16.4. The van der Waals surface area contributed by atoms with E-state index in [2.05, 4.69) is 5.32 Å². The predicted octanol–water partition coefficient (Wildman–Crippen LogP) is 2.11. The Labute approximate surface area is 130 Å². The minimum atomic E-state index is -1.09. The Morgan fingerprint density at radius 3 is 2.18 bits per heavy atom. The molecule has 1 atom stereocenters. The molecule has 1 aromatic rings. The van der Waals surface area contributed by atoms with E-state index in [1.807, 2.05) is 36.4 Å². The zero-order valence-corrected chi connectivity index (χ0v) is 13.3. The fourth-order valence-electron chi connectivity index (χ4n) is 2.64. The van der Waals surface area contributed by atoms with Gasteiger partial charge in [-0.2, -0.15) is 0 Å². The Kier molecular flexibility index (Phi) is 4.68. The van der Waals surface area contributed by atoms with E-state index in [0.29, 0.717) is 5.76 Å². The summed E-state index contributed by atoms with van der Waals surface area (Å²) in [6, 6.07) is 9.64. The van der Waals surface area contributed by atoms with Gasteiger partial charge in [-0.15, -0.1) is 0 Å². The minimum absolute atomic E-state index is 0.150. The van der Waals surface area contributed by atoms with Crippen LogP contribution in [-0.4, -0.2) is 33.0 Å². The third kappa shape index (κ3) is 2.77. The van der Waals surface area contributed by atoms with Crippen molar-refractivity contribution in [1.82, 2.24) is 5.32 Å². The highest BCUT2D eigenvalue weighted by molar-refractivity contribution is 5.75. The number of ether oxygens (including phenoxy) is 3. The lowest BCUT2D eigenvalue weighted by molar-refractivity contribution is -0.167. The third-order valence-electron chi connectivity index (χ3n) is 3.73. The van der Waals surface area contributed by atoms with Crippen molar-refractivity contribution in [3.63, 3.8) is 0 Å². The molecular weight excluding hydrogens is 282 g/mol. The number of hydrogen-bond donors (Lipinski definition) is 1. The normalized spacial score (nSPS) is 22.8. The van der Waals surface area contributed by atoms with Crippen molar-refractivity contribution in [2.75, 3.05) is 21.3 Å². The van der Waals surface area contributed by atoms with Crippen molar-refractivity contribution in [3.8, 4) is 0 Å². The van der Waals surface area contributed by atoms with Gasteiger partial charge in [0.15, 0.2) is 5.76 Å². The van der Waals surface area contributed by atoms with E-state index in [4.69, 9.17) is 14.2 Å². The fourth-order valence-corrected chi connectivity index (χ4v) is 2.64. The van der Waals surface area contributed by atoms with Crippen LogP contribution in [0.3, 0.4) is 0 Å². The molecule has 0 aliphatic heterocycles. The highest BCUT2D eigenvalue weighted by Gasteiger charge is 2.42. The topological polar surface area (TPSA) is 56.8 Å². The summed E-state index contributed by atoms with van der Waals surface area (Å²) >= 11 is 0. The first-order valence-corrected chi connectivity index (χ1v) is 6.94. The number of nitrogens with one attached hydrogen (secondary N) is 1. The van der Waals surface area contributed by atoms with E-state index in [1.54, 1.807) is 19.3 Å². The number of carbonyl (C=O) groups excluding carboxylic acids is 1. The first kappa shape index (κ1) is 16.3. The molecule has 1 N–H and O–H groups in total. The zero-order chi connectivity index (χ0) is 16.2. The molecule has 5 nitrogen and oxygen atoms in total. The second-order valence-electron chi connectivity index (χ2n) is 5.04. The average molecular weight is 303 g/mol. The molecule has 0 heterocycles. The predicted molar refractivity (Wildman–Crippen MR) is 82.9 cm³/mol. The maximum atomic E-state index is 11.7. The first-order valence-electron chi connectivity index (χ1n) is 6.94. The van der Waals surface area contributed by atoms with E-state index >= 15 is 0 Å². The smallest absolute Gasteiger partial charge is 0.247 e. The maximum Gasteiger partial charge on any atom is 0.247 e. The SMILES string of the molecule is COC1=CC(NC(C)=O)(c2ccccc2)C=CC1(OC)OC. The van der Waals surface area contributed by atoms with Gasteiger partial charge in [0.1, 0.15) is 5.54 Å². The second-order valence-corrected chi connectivity index (χ2v) is 5.04. The van der Waals surface area contributed by atoms with Crippen molar-refractivity contribution >= 4 is 5.91 Å². The van der Waals surface area contributed by atoms with Crippen molar-refractivity contribution < 1.29 is 19.0 Å². The van der Waals surface area contributed by atoms with Crippen LogP contribution in [-0.2, 0) is 24.5 Å². The van der Waals surface area contributed by atoms with E-state index < -0.39 is 11.3 Å². The van der Waals surface area contributed by atoms with Gasteiger partial charge in [-0.1, -0.05) is 30.3 Å². The van der Waals surface area contributed by atoms with Crippen LogP contribution in [0.1, 0.15) is 12.5 Å². The van der Waals surface area contributed by atoms with E-state index in [0.717, 1.165) is 5.56 Å². The number of hydrogen-bond acceptors (Lipinski definition) is 4. The molecule has 0 saturated heterocycles. The molecule has 0 radical (unpaired) electrons. The van der Waals surface area contributed by atoms with Gasteiger partial charge in [0, 0.05) is 21.1 Å². The molecule has 22 heavy (non-hydrogen) atoms. The summed E-state index contributed by atoms with van der Waals surface area (Å²) in [7, 11) is 4.62. The van der Waals surface area contributed by atoms with Crippen molar-refractivity contribution in [1.29, 1.82) is 0 Å². The number of rotatable bonds is 5. The van der Waals surface area contributed by atoms with Crippen LogP contribution >= 0.6 is 0 Å². The third-order valence-corrected chi connectivity index (χ3v) is 3.73. The first-order chi connectivity index (χ1) is 10.5. The van der Waals surface area contributed by atoms with E-state index in [-0.39, 0.29) is 5.91 Å². The minimum Gasteiger partial charge on any atom is -0.495 e. The standard InChI is InChI=1S/C17H21NO4/c1-13(19)18-16(14-8-6-5-7-9-14)10-11-17(21-3,22-4)15(12-16)20-2/h5-12H,1-4H3,(H,18,19). The highest BCUT2D eigenvalue weighted by Crippen LogP contribution is 2.37. The second kappa shape index (κ2) is 6.34. The van der Waals surface area contributed by atoms with Crippen LogP contribution in [0.25, 0.3) is 0 Å². The fraction of sp³-hybridized carbons (Fsp3) is 0.353. The molecule has 0 bridgehead atoms. The quantitative estimate of drug-likeness (QED) is 0.668. The average Bonchev–Trinajstić information content (AvgIpc) is 2.55. The van der Waals surface area contributed by atoms with Crippen LogP contribution in [0.5, 0.6) is 0 Å². The molecule has 0 fully saturated rings. The molecule has 118 valence electrons. The summed E-state index contributed by atoms with van der Waals surface area (Å²) in [6.07, 6.45) is 5.39. The van der Waals surface area contributed by atoms with Crippen molar-refractivity contribution in [3.05, 3.63) is 59.9 Å². The Morgan fingerprint density at radius 2 is 1.68 bits per heavy atom. The molecule has 1 unspecified atom stereocenters. The molecule has 1 amide bonds. The van der Waals surface area contributed by atoms with Crippen LogP contribution in [0.15, 0.2) is 54.3 Å². The van der Waals surface area contributed by atoms with Gasteiger partial charge in [0.2, 0.25) is 11.7 Å². The Bertz CT molecular complexity index is 590. The van der Waals surface area contributed by atoms with Crippen LogP contribution in [0, 0.1) is 0 Å². The van der Waals surface area contributed by atoms with Crippen LogP contribution in [0.2, 0.25) is 0 Å². The largest absolute Gasteiger partial charge is 0.495 e. The lowest BCUT2D eigenvalue weighted by atomic mass is 9.83. The van der Waals surface area contributed by atoms with Crippen molar-refractivity contribution in [2.24, 2.45) is 0 Å². The monoisotopic (exact) mass is 303 g/mol. The summed E-state index contributed by atoms with van der Waals surface area (Å²) in [5.41, 5.74) is 0.107. The molecule has 1 aromatic carbocycles. The van der Waals surface area contributed by atoms with E-state index in [9.17, 15) is 4.79 Å². The summed E-state index contributed by atoms with van der Waals surface area (Å²) in [5.74, 6) is -0.772. The highest BCUT2D eigenvalue weighted by atomic mass is 16.7. The molecule has 0 spiro atoms. The number of amides is 1. The Balaban J connectivity index is 2.58. The van der Waals surface area contributed by atoms with Crippen LogP contribution in [0.4, 0.5) is 0 Å². The van der Waals surface area contributed by atoms with Crippen LogP contribution < -0.4 is 5.32 Å². The molecule has 2 rings (SSSR count). The maximum absolute atomic E-state index is 11.7. The summed E-state index contributed by atoms with van der Waals surface area (Å²) in [4.78, 5) is 11.7. The molecule has 0 saturated carbocycles. The van der Waals surface area contributed by atoms with Gasteiger partial charge < -0.3 is 19.5 Å². The molecular formula is C17H21NO4. The molecule has 5 heteroatoms. The van der Waals surface area contributed by atoms with Gasteiger partial charge in [-0.3, -0.25) is 4.79 Å². The lowest BCUT2D eigenvalue weighted by Crippen LogP contribution is -2.48. The number of carbonyl (C=O) groups is 1. The molecule has 1 aliphatic carbocycles. The van der Waals surface area contributed by atoms with Gasteiger partial charge in [0.05, 0.1) is 7.11 Å². The van der Waals surface area contributed by atoms with Gasteiger partial charge in [-0.25, -0.2) is 0 Å². The number of methoxy groups -OCH3 is 3. The van der Waals surface area contributed by atoms with E-state index in [1.165, 1.54) is 21.1 Å². The van der Waals surface area contributed by atoms with Gasteiger partial charge >= 0.3 is 0 Å². The zero-order valence-electron chi connectivity index (χ0n) is 13.3.